The third-order valence-electron chi connectivity index (χ3n) is 2.57. The van der Waals surface area contributed by atoms with Crippen LogP contribution in [0, 0.1) is 5.92 Å². The maximum atomic E-state index is 11.7. The third kappa shape index (κ3) is 4.01. The molecule has 0 heterocycles. The summed E-state index contributed by atoms with van der Waals surface area (Å²) in [6.07, 6.45) is 0.477. The van der Waals surface area contributed by atoms with E-state index < -0.39 is 10.8 Å². The molecule has 90 valence electrons. The molecule has 4 nitrogen and oxygen atoms in total. The average Bonchev–Trinajstić information content (AvgIpc) is 2.24. The van der Waals surface area contributed by atoms with Crippen molar-refractivity contribution < 1.29 is 15.0 Å². The molecule has 5 heteroatoms. The second-order valence-corrected chi connectivity index (χ2v) is 4.68. The van der Waals surface area contributed by atoms with Gasteiger partial charge in [-0.25, -0.2) is 0 Å². The maximum Gasteiger partial charge on any atom is 0.233 e. The van der Waals surface area contributed by atoms with Gasteiger partial charge in [0.15, 0.2) is 0 Å². The first-order valence-electron chi connectivity index (χ1n) is 5.14. The number of carbonyl (C=O) groups excluding carboxylic acids is 1. The lowest BCUT2D eigenvalue weighted by Crippen LogP contribution is -2.56. The Hall–Kier alpha value is -0.260. The molecule has 0 aromatic carbocycles. The molecule has 0 radical (unpaired) electrons. The Morgan fingerprint density at radius 3 is 2.13 bits per heavy atom. The van der Waals surface area contributed by atoms with E-state index >= 15 is 0 Å². The summed E-state index contributed by atoms with van der Waals surface area (Å²) in [4.78, 5) is 11.7. The van der Waals surface area contributed by atoms with Crippen LogP contribution >= 0.6 is 12.6 Å². The van der Waals surface area contributed by atoms with Gasteiger partial charge in [-0.05, 0) is 12.3 Å². The van der Waals surface area contributed by atoms with Crippen molar-refractivity contribution in [2.45, 2.75) is 38.0 Å². The zero-order chi connectivity index (χ0) is 12.1. The van der Waals surface area contributed by atoms with Crippen molar-refractivity contribution >= 4 is 18.5 Å². The molecule has 15 heavy (non-hydrogen) atoms. The van der Waals surface area contributed by atoms with Gasteiger partial charge in [-0.2, -0.15) is 12.6 Å². The second kappa shape index (κ2) is 6.35. The van der Waals surface area contributed by atoms with E-state index in [0.717, 1.165) is 0 Å². The van der Waals surface area contributed by atoms with E-state index in [9.17, 15) is 4.79 Å². The van der Waals surface area contributed by atoms with Gasteiger partial charge in [-0.15, -0.1) is 0 Å². The molecule has 0 aromatic heterocycles. The number of aliphatic hydroxyl groups excluding tert-OH is 2. The van der Waals surface area contributed by atoms with Gasteiger partial charge in [-0.3, -0.25) is 4.79 Å². The number of aliphatic hydroxyl groups is 2. The molecule has 1 unspecified atom stereocenters. The third-order valence-corrected chi connectivity index (χ3v) is 3.40. The zero-order valence-electron chi connectivity index (χ0n) is 9.53. The van der Waals surface area contributed by atoms with Crippen LogP contribution in [0.1, 0.15) is 27.2 Å². The molecule has 0 saturated heterocycles. The van der Waals surface area contributed by atoms with Gasteiger partial charge in [0.05, 0.1) is 24.0 Å². The molecule has 0 aliphatic heterocycles. The Morgan fingerprint density at radius 1 is 1.40 bits per heavy atom. The Bertz CT molecular complexity index is 197. The summed E-state index contributed by atoms with van der Waals surface area (Å²) in [5, 5.41) is 20.5. The van der Waals surface area contributed by atoms with Crippen molar-refractivity contribution in [1.82, 2.24) is 5.32 Å². The molecule has 0 aromatic rings. The number of thiol groups is 1. The Labute approximate surface area is 96.5 Å². The molecule has 1 atom stereocenters. The van der Waals surface area contributed by atoms with Crippen LogP contribution in [0.5, 0.6) is 0 Å². The zero-order valence-corrected chi connectivity index (χ0v) is 10.4. The Kier molecular flexibility index (Phi) is 6.24. The molecule has 0 aliphatic carbocycles. The van der Waals surface area contributed by atoms with Crippen LogP contribution in [-0.2, 0) is 4.79 Å². The molecule has 0 bridgehead atoms. The minimum Gasteiger partial charge on any atom is -0.394 e. The summed E-state index contributed by atoms with van der Waals surface area (Å²) >= 11 is 4.17. The van der Waals surface area contributed by atoms with Gasteiger partial charge in [0.1, 0.15) is 0 Å². The van der Waals surface area contributed by atoms with E-state index in [1.54, 1.807) is 6.92 Å². The Morgan fingerprint density at radius 2 is 1.87 bits per heavy atom. The number of hydrogen-bond acceptors (Lipinski definition) is 4. The smallest absolute Gasteiger partial charge is 0.233 e. The highest BCUT2D eigenvalue weighted by molar-refractivity contribution is 7.81. The van der Waals surface area contributed by atoms with Crippen molar-refractivity contribution in [3.8, 4) is 0 Å². The quantitative estimate of drug-likeness (QED) is 0.497. The highest BCUT2D eigenvalue weighted by Gasteiger charge is 2.31. The highest BCUT2D eigenvalue weighted by Crippen LogP contribution is 2.13. The maximum absolute atomic E-state index is 11.7. The highest BCUT2D eigenvalue weighted by atomic mass is 32.1. The van der Waals surface area contributed by atoms with Gasteiger partial charge in [0, 0.05) is 0 Å². The van der Waals surface area contributed by atoms with Crippen LogP contribution in [0.2, 0.25) is 0 Å². The molecule has 3 N–H and O–H groups in total. The Balaban J connectivity index is 4.48. The van der Waals surface area contributed by atoms with E-state index in [-0.39, 0.29) is 25.0 Å². The first kappa shape index (κ1) is 14.7. The minimum atomic E-state index is -0.924. The van der Waals surface area contributed by atoms with Crippen LogP contribution in [0.25, 0.3) is 0 Å². The van der Waals surface area contributed by atoms with E-state index in [1.807, 2.05) is 13.8 Å². The monoisotopic (exact) mass is 235 g/mol. The standard InChI is InChI=1S/C10H21NO3S/c1-4-10(5-12,6-13)11-9(14)8(15)7(2)3/h7-8,12-13,15H,4-6H2,1-3H3,(H,11,14). The topological polar surface area (TPSA) is 69.6 Å². The molecule has 0 saturated carbocycles. The van der Waals surface area contributed by atoms with Crippen molar-refractivity contribution in [3.05, 3.63) is 0 Å². The summed E-state index contributed by atoms with van der Waals surface area (Å²) in [6, 6.07) is 0. The van der Waals surface area contributed by atoms with Crippen molar-refractivity contribution in [1.29, 1.82) is 0 Å². The van der Waals surface area contributed by atoms with Crippen molar-refractivity contribution in [3.63, 3.8) is 0 Å². The first-order chi connectivity index (χ1) is 6.92. The van der Waals surface area contributed by atoms with Crippen molar-refractivity contribution in [2.24, 2.45) is 5.92 Å². The lowest BCUT2D eigenvalue weighted by atomic mass is 9.97. The average molecular weight is 235 g/mol. The molecule has 0 spiro atoms. The van der Waals surface area contributed by atoms with Crippen LogP contribution in [-0.4, -0.2) is 40.1 Å². The molecular formula is C10H21NO3S. The van der Waals surface area contributed by atoms with Gasteiger partial charge in [0.25, 0.3) is 0 Å². The fourth-order valence-electron chi connectivity index (χ4n) is 1.08. The predicted molar refractivity (Wildman–Crippen MR) is 62.9 cm³/mol. The van der Waals surface area contributed by atoms with Gasteiger partial charge >= 0.3 is 0 Å². The fourth-order valence-corrected chi connectivity index (χ4v) is 1.14. The lowest BCUT2D eigenvalue weighted by molar-refractivity contribution is -0.124. The van der Waals surface area contributed by atoms with E-state index in [0.29, 0.717) is 6.42 Å². The predicted octanol–water partition coefficient (Wildman–Crippen LogP) is 0.190. The number of carbonyl (C=O) groups is 1. The molecular weight excluding hydrogens is 214 g/mol. The molecule has 0 rings (SSSR count). The molecule has 1 amide bonds. The number of nitrogens with one attached hydrogen (secondary N) is 1. The van der Waals surface area contributed by atoms with E-state index in [4.69, 9.17) is 10.2 Å². The van der Waals surface area contributed by atoms with Crippen LogP contribution in [0.4, 0.5) is 0 Å². The van der Waals surface area contributed by atoms with Crippen LogP contribution in [0.3, 0.4) is 0 Å². The normalized spacial score (nSPS) is 14.1. The first-order valence-corrected chi connectivity index (χ1v) is 5.66. The number of rotatable bonds is 6. The minimum absolute atomic E-state index is 0.111. The number of amides is 1. The van der Waals surface area contributed by atoms with Crippen LogP contribution < -0.4 is 5.32 Å². The van der Waals surface area contributed by atoms with Gasteiger partial charge in [0.2, 0.25) is 5.91 Å². The van der Waals surface area contributed by atoms with E-state index in [1.165, 1.54) is 0 Å². The largest absolute Gasteiger partial charge is 0.394 e. The van der Waals surface area contributed by atoms with Gasteiger partial charge < -0.3 is 15.5 Å². The second-order valence-electron chi connectivity index (χ2n) is 4.13. The summed E-state index contributed by atoms with van der Waals surface area (Å²) in [6.45, 7) is 5.04. The van der Waals surface area contributed by atoms with Gasteiger partial charge in [-0.1, -0.05) is 20.8 Å². The fraction of sp³-hybridized carbons (Fsp3) is 0.900. The van der Waals surface area contributed by atoms with Crippen LogP contribution in [0.15, 0.2) is 0 Å². The van der Waals surface area contributed by atoms with E-state index in [2.05, 4.69) is 17.9 Å². The summed E-state index contributed by atoms with van der Waals surface area (Å²) < 4.78 is 0. The number of hydrogen-bond donors (Lipinski definition) is 4. The molecule has 0 fully saturated rings. The molecule has 0 aliphatic rings. The van der Waals surface area contributed by atoms with Crippen molar-refractivity contribution in [2.75, 3.05) is 13.2 Å². The lowest BCUT2D eigenvalue weighted by Gasteiger charge is -2.31. The summed E-state index contributed by atoms with van der Waals surface area (Å²) in [5.74, 6) is -0.140. The summed E-state index contributed by atoms with van der Waals surface area (Å²) in [5.41, 5.74) is -0.924. The summed E-state index contributed by atoms with van der Waals surface area (Å²) in [7, 11) is 0. The SMILES string of the molecule is CCC(CO)(CO)NC(=O)C(S)C(C)C.